The highest BCUT2D eigenvalue weighted by molar-refractivity contribution is 5.78. The van der Waals surface area contributed by atoms with Gasteiger partial charge in [-0.3, -0.25) is 14.5 Å². The minimum absolute atomic E-state index is 0.0819. The normalized spacial score (nSPS) is 14.3. The Kier molecular flexibility index (Phi) is 9.76. The summed E-state index contributed by atoms with van der Waals surface area (Å²) in [4.78, 5) is 29.0. The third-order valence-electron chi connectivity index (χ3n) is 6.15. The zero-order chi connectivity index (χ0) is 22.6. The van der Waals surface area contributed by atoms with E-state index in [1.807, 2.05) is 53.4 Å². The summed E-state index contributed by atoms with van der Waals surface area (Å²) in [7, 11) is 0. The van der Waals surface area contributed by atoms with Crippen LogP contribution >= 0.6 is 0 Å². The lowest BCUT2D eigenvalue weighted by molar-refractivity contribution is -0.129. The Bertz CT molecular complexity index is 819. The van der Waals surface area contributed by atoms with Crippen LogP contribution in [0.2, 0.25) is 0 Å². The quantitative estimate of drug-likeness (QED) is 0.570. The molecule has 0 atom stereocenters. The van der Waals surface area contributed by atoms with Crippen LogP contribution in [0, 0.1) is 0 Å². The summed E-state index contributed by atoms with van der Waals surface area (Å²) in [5.41, 5.74) is 2.33. The molecule has 0 spiro atoms. The molecule has 0 radical (unpaired) electrons. The lowest BCUT2D eigenvalue weighted by atomic mass is 9.95. The van der Waals surface area contributed by atoms with E-state index < -0.39 is 0 Å². The molecule has 1 fully saturated rings. The van der Waals surface area contributed by atoms with Crippen molar-refractivity contribution in [3.63, 3.8) is 0 Å². The van der Waals surface area contributed by atoms with E-state index in [0.717, 1.165) is 37.9 Å². The molecule has 5 nitrogen and oxygen atoms in total. The molecule has 1 N–H and O–H groups in total. The molecule has 1 aliphatic carbocycles. The van der Waals surface area contributed by atoms with Gasteiger partial charge in [-0.15, -0.1) is 0 Å². The second-order valence-corrected chi connectivity index (χ2v) is 8.88. The number of rotatable bonds is 11. The Morgan fingerprint density at radius 3 is 2.03 bits per heavy atom. The van der Waals surface area contributed by atoms with Crippen molar-refractivity contribution in [2.45, 2.75) is 64.6 Å². The second kappa shape index (κ2) is 13.0. The Labute approximate surface area is 192 Å². The van der Waals surface area contributed by atoms with Crippen LogP contribution < -0.4 is 5.32 Å². The molecule has 0 heterocycles. The zero-order valence-corrected chi connectivity index (χ0v) is 19.3. The van der Waals surface area contributed by atoms with Gasteiger partial charge in [0.25, 0.3) is 0 Å². The molecule has 2 aromatic carbocycles. The monoisotopic (exact) mass is 435 g/mol. The Morgan fingerprint density at radius 1 is 0.844 bits per heavy atom. The summed E-state index contributed by atoms with van der Waals surface area (Å²) in [6.07, 6.45) is 6.72. The van der Waals surface area contributed by atoms with E-state index in [-0.39, 0.29) is 11.8 Å². The average Bonchev–Trinajstić information content (AvgIpc) is 2.80. The van der Waals surface area contributed by atoms with Crippen molar-refractivity contribution in [3.05, 3.63) is 71.8 Å². The smallest absolute Gasteiger partial charge is 0.234 e. The fourth-order valence-corrected chi connectivity index (χ4v) is 4.42. The number of hydrogen-bond donors (Lipinski definition) is 1. The third kappa shape index (κ3) is 8.46. The summed E-state index contributed by atoms with van der Waals surface area (Å²) in [5, 5.41) is 3.24. The van der Waals surface area contributed by atoms with Gasteiger partial charge in [0.2, 0.25) is 11.8 Å². The van der Waals surface area contributed by atoms with E-state index in [1.54, 1.807) is 6.92 Å². The number of carbonyl (C=O) groups is 2. The minimum atomic E-state index is 0.0819. The van der Waals surface area contributed by atoms with Gasteiger partial charge in [-0.1, -0.05) is 79.9 Å². The summed E-state index contributed by atoms with van der Waals surface area (Å²) in [6.45, 7) is 4.83. The number of amides is 2. The van der Waals surface area contributed by atoms with Crippen LogP contribution in [0.5, 0.6) is 0 Å². The van der Waals surface area contributed by atoms with Gasteiger partial charge in [-0.2, -0.15) is 0 Å². The molecule has 2 aromatic rings. The van der Waals surface area contributed by atoms with Gasteiger partial charge in [-0.05, 0) is 30.4 Å². The predicted octanol–water partition coefficient (Wildman–Crippen LogP) is 4.38. The molecule has 0 unspecified atom stereocenters. The van der Waals surface area contributed by atoms with E-state index in [9.17, 15) is 9.59 Å². The molecule has 0 bridgehead atoms. The molecular formula is C27H37N3O2. The van der Waals surface area contributed by atoms with Crippen LogP contribution in [-0.4, -0.2) is 47.3 Å². The molecule has 172 valence electrons. The van der Waals surface area contributed by atoms with Gasteiger partial charge in [0.05, 0.1) is 6.54 Å². The second-order valence-electron chi connectivity index (χ2n) is 8.88. The maximum Gasteiger partial charge on any atom is 0.234 e. The van der Waals surface area contributed by atoms with Crippen LogP contribution in [0.25, 0.3) is 0 Å². The van der Waals surface area contributed by atoms with Crippen molar-refractivity contribution < 1.29 is 9.59 Å². The first-order valence-corrected chi connectivity index (χ1v) is 12.0. The molecule has 3 rings (SSSR count). The zero-order valence-electron chi connectivity index (χ0n) is 19.3. The average molecular weight is 436 g/mol. The standard InChI is InChI=1S/C27H37N3O2/c1-23(31)30(21-25-14-7-3-8-15-25)19-11-18-29(20-24-12-5-2-6-13-24)22-27(32)28-26-16-9-4-10-17-26/h2-3,5-8,12-15,26H,4,9-11,16-22H2,1H3,(H,28,32). The summed E-state index contributed by atoms with van der Waals surface area (Å²) in [5.74, 6) is 0.194. The van der Waals surface area contributed by atoms with Crippen LogP contribution in [0.15, 0.2) is 60.7 Å². The molecule has 2 amide bonds. The molecule has 0 aliphatic heterocycles. The van der Waals surface area contributed by atoms with Crippen molar-refractivity contribution >= 4 is 11.8 Å². The number of carbonyl (C=O) groups excluding carboxylic acids is 2. The van der Waals surface area contributed by atoms with Crippen LogP contribution in [0.3, 0.4) is 0 Å². The number of hydrogen-bond acceptors (Lipinski definition) is 3. The predicted molar refractivity (Wildman–Crippen MR) is 129 cm³/mol. The highest BCUT2D eigenvalue weighted by Crippen LogP contribution is 2.17. The Hall–Kier alpha value is -2.66. The van der Waals surface area contributed by atoms with E-state index >= 15 is 0 Å². The number of nitrogens with one attached hydrogen (secondary N) is 1. The van der Waals surface area contributed by atoms with Crippen molar-refractivity contribution in [2.75, 3.05) is 19.6 Å². The topological polar surface area (TPSA) is 52.7 Å². The number of nitrogens with zero attached hydrogens (tertiary/aromatic N) is 2. The van der Waals surface area contributed by atoms with Gasteiger partial charge >= 0.3 is 0 Å². The maximum absolute atomic E-state index is 12.7. The van der Waals surface area contributed by atoms with Gasteiger partial charge in [0.15, 0.2) is 0 Å². The fourth-order valence-electron chi connectivity index (χ4n) is 4.42. The molecular weight excluding hydrogens is 398 g/mol. The fraction of sp³-hybridized carbons (Fsp3) is 0.481. The molecule has 0 saturated heterocycles. The molecule has 1 saturated carbocycles. The first-order valence-electron chi connectivity index (χ1n) is 12.0. The first-order chi connectivity index (χ1) is 15.6. The lowest BCUT2D eigenvalue weighted by Crippen LogP contribution is -2.43. The molecule has 1 aliphatic rings. The maximum atomic E-state index is 12.7. The van der Waals surface area contributed by atoms with Gasteiger partial charge in [0.1, 0.15) is 0 Å². The van der Waals surface area contributed by atoms with Gasteiger partial charge in [0, 0.05) is 39.1 Å². The Morgan fingerprint density at radius 2 is 1.44 bits per heavy atom. The van der Waals surface area contributed by atoms with E-state index in [0.29, 0.717) is 25.7 Å². The molecule has 5 heteroatoms. The van der Waals surface area contributed by atoms with E-state index in [4.69, 9.17) is 0 Å². The van der Waals surface area contributed by atoms with Crippen molar-refractivity contribution in [3.8, 4) is 0 Å². The summed E-state index contributed by atoms with van der Waals surface area (Å²) in [6, 6.07) is 20.7. The van der Waals surface area contributed by atoms with Crippen molar-refractivity contribution in [1.82, 2.24) is 15.1 Å². The first kappa shape index (κ1) is 24.0. The lowest BCUT2D eigenvalue weighted by Gasteiger charge is -2.27. The number of benzene rings is 2. The molecule has 0 aromatic heterocycles. The minimum Gasteiger partial charge on any atom is -0.352 e. The summed E-state index contributed by atoms with van der Waals surface area (Å²) >= 11 is 0. The summed E-state index contributed by atoms with van der Waals surface area (Å²) < 4.78 is 0. The molecule has 32 heavy (non-hydrogen) atoms. The van der Waals surface area contributed by atoms with Gasteiger partial charge in [-0.25, -0.2) is 0 Å². The Balaban J connectivity index is 1.54. The SMILES string of the molecule is CC(=O)N(CCCN(CC(=O)NC1CCCCC1)Cc1ccccc1)Cc1ccccc1. The highest BCUT2D eigenvalue weighted by Gasteiger charge is 2.18. The van der Waals surface area contributed by atoms with Crippen LogP contribution in [-0.2, 0) is 22.7 Å². The van der Waals surface area contributed by atoms with E-state index in [1.165, 1.54) is 24.8 Å². The van der Waals surface area contributed by atoms with E-state index in [2.05, 4.69) is 22.3 Å². The van der Waals surface area contributed by atoms with Crippen LogP contribution in [0.4, 0.5) is 0 Å². The van der Waals surface area contributed by atoms with Gasteiger partial charge < -0.3 is 10.2 Å². The third-order valence-corrected chi connectivity index (χ3v) is 6.15. The van der Waals surface area contributed by atoms with Crippen molar-refractivity contribution in [1.29, 1.82) is 0 Å². The highest BCUT2D eigenvalue weighted by atomic mass is 16.2. The largest absolute Gasteiger partial charge is 0.352 e. The van der Waals surface area contributed by atoms with Crippen LogP contribution in [0.1, 0.15) is 56.6 Å². The van der Waals surface area contributed by atoms with Crippen molar-refractivity contribution in [2.24, 2.45) is 0 Å².